The smallest absolute Gasteiger partial charge is 0.266 e. The minimum Gasteiger partial charge on any atom is -0.266 e. The molecule has 3 aromatic rings. The van der Waals surface area contributed by atoms with E-state index in [1.807, 2.05) is 33.0 Å². The Kier molecular flexibility index (Phi) is 5.63. The number of hydrogen-bond donors (Lipinski definition) is 0. The van der Waals surface area contributed by atoms with Gasteiger partial charge in [0.05, 0.1) is 26.4 Å². The van der Waals surface area contributed by atoms with Crippen LogP contribution in [0.15, 0.2) is 44.6 Å². The molecular formula is C20H24N4O2S2. The third-order valence-corrected chi connectivity index (χ3v) is 7.07. The number of thioether (sulfide) groups is 1. The Labute approximate surface area is 169 Å². The van der Waals surface area contributed by atoms with Crippen molar-refractivity contribution in [3.05, 3.63) is 47.3 Å². The highest BCUT2D eigenvalue weighted by Gasteiger charge is 2.22. The minimum absolute atomic E-state index is 0.250. The van der Waals surface area contributed by atoms with Crippen LogP contribution in [0.5, 0.6) is 0 Å². The minimum atomic E-state index is -2.86. The third kappa shape index (κ3) is 3.98. The predicted molar refractivity (Wildman–Crippen MR) is 115 cm³/mol. The van der Waals surface area contributed by atoms with Gasteiger partial charge in [0, 0.05) is 34.5 Å². The lowest BCUT2D eigenvalue weighted by Crippen LogP contribution is -2.07. The SMILES string of the molecule is Cc1ccc([S@@](C)(=O)=NC(=O)c2cnc3c(c(C)nn3C)c2SC(C)C)cc1. The summed E-state index contributed by atoms with van der Waals surface area (Å²) in [4.78, 5) is 18.8. The molecule has 1 aromatic carbocycles. The molecule has 1 atom stereocenters. The Bertz CT molecular complexity index is 1170. The lowest BCUT2D eigenvalue weighted by atomic mass is 10.2. The number of aromatic nitrogens is 3. The summed E-state index contributed by atoms with van der Waals surface area (Å²) in [5, 5.41) is 5.53. The van der Waals surface area contributed by atoms with Gasteiger partial charge in [-0.05, 0) is 26.0 Å². The van der Waals surface area contributed by atoms with Gasteiger partial charge in [0.1, 0.15) is 0 Å². The number of aryl methyl sites for hydroxylation is 3. The van der Waals surface area contributed by atoms with Crippen molar-refractivity contribution in [2.24, 2.45) is 11.4 Å². The predicted octanol–water partition coefficient (Wildman–Crippen LogP) is 4.38. The van der Waals surface area contributed by atoms with Crippen LogP contribution >= 0.6 is 11.8 Å². The topological polar surface area (TPSA) is 77.2 Å². The van der Waals surface area contributed by atoms with Gasteiger partial charge in [0.2, 0.25) is 0 Å². The molecule has 0 unspecified atom stereocenters. The first kappa shape index (κ1) is 20.5. The fourth-order valence-corrected chi connectivity index (χ4v) is 5.20. The molecule has 0 spiro atoms. The van der Waals surface area contributed by atoms with Crippen LogP contribution in [0.4, 0.5) is 0 Å². The highest BCUT2D eigenvalue weighted by atomic mass is 32.2. The second kappa shape index (κ2) is 7.67. The quantitative estimate of drug-likeness (QED) is 0.590. The molecule has 0 saturated carbocycles. The molecular weight excluding hydrogens is 392 g/mol. The maximum absolute atomic E-state index is 13.1. The van der Waals surface area contributed by atoms with Crippen molar-refractivity contribution in [2.75, 3.05) is 6.26 Å². The number of carbonyl (C=O) groups excluding carboxylic acids is 1. The standard InChI is InChI=1S/C20H24N4O2S2/c1-12(2)27-18-16(11-21-19-17(18)14(4)22-24(19)5)20(25)23-28(6,26)15-9-7-13(3)8-10-15/h7-12H,1-6H3/t28-/m1/s1. The lowest BCUT2D eigenvalue weighted by Gasteiger charge is -2.11. The average molecular weight is 417 g/mol. The molecule has 2 heterocycles. The van der Waals surface area contributed by atoms with Crippen molar-refractivity contribution in [3.63, 3.8) is 0 Å². The van der Waals surface area contributed by atoms with Gasteiger partial charge in [-0.25, -0.2) is 9.19 Å². The fourth-order valence-electron chi connectivity index (χ4n) is 2.94. The Morgan fingerprint density at radius 2 is 1.86 bits per heavy atom. The van der Waals surface area contributed by atoms with E-state index in [2.05, 4.69) is 28.3 Å². The normalized spacial score (nSPS) is 13.7. The Hall–Kier alpha value is -2.19. The number of fused-ring (bicyclic) bond motifs is 1. The first-order valence-corrected chi connectivity index (χ1v) is 11.7. The summed E-state index contributed by atoms with van der Waals surface area (Å²) in [5.41, 5.74) is 2.94. The molecule has 0 saturated heterocycles. The second-order valence-electron chi connectivity index (χ2n) is 7.09. The van der Waals surface area contributed by atoms with E-state index in [1.165, 1.54) is 12.5 Å². The first-order chi connectivity index (χ1) is 13.1. The summed E-state index contributed by atoms with van der Waals surface area (Å²) in [6.45, 7) is 7.97. The highest BCUT2D eigenvalue weighted by molar-refractivity contribution is 8.00. The van der Waals surface area contributed by atoms with E-state index in [-0.39, 0.29) is 5.25 Å². The Morgan fingerprint density at radius 3 is 2.46 bits per heavy atom. The Balaban J connectivity index is 2.17. The fraction of sp³-hybridized carbons (Fsp3) is 0.350. The molecule has 3 rings (SSSR count). The van der Waals surface area contributed by atoms with Gasteiger partial charge >= 0.3 is 0 Å². The molecule has 1 amide bonds. The number of nitrogens with zero attached hydrogens (tertiary/aromatic N) is 4. The number of hydrogen-bond acceptors (Lipinski definition) is 5. The second-order valence-corrected chi connectivity index (χ2v) is 10.9. The molecule has 0 N–H and O–H groups in total. The van der Waals surface area contributed by atoms with Crippen molar-refractivity contribution >= 4 is 38.4 Å². The summed E-state index contributed by atoms with van der Waals surface area (Å²) in [6, 6.07) is 7.24. The first-order valence-electron chi connectivity index (χ1n) is 8.92. The largest absolute Gasteiger partial charge is 0.288 e. The van der Waals surface area contributed by atoms with E-state index in [9.17, 15) is 9.00 Å². The summed E-state index contributed by atoms with van der Waals surface area (Å²) in [6.07, 6.45) is 3.01. The van der Waals surface area contributed by atoms with Crippen molar-refractivity contribution in [2.45, 2.75) is 42.7 Å². The zero-order chi connectivity index (χ0) is 20.6. The average Bonchev–Trinajstić information content (AvgIpc) is 2.89. The van der Waals surface area contributed by atoms with Gasteiger partial charge in [-0.15, -0.1) is 11.8 Å². The van der Waals surface area contributed by atoms with E-state index in [4.69, 9.17) is 0 Å². The van der Waals surface area contributed by atoms with E-state index < -0.39 is 15.6 Å². The molecule has 0 fully saturated rings. The van der Waals surface area contributed by atoms with E-state index in [1.54, 1.807) is 28.6 Å². The van der Waals surface area contributed by atoms with Gasteiger partial charge in [-0.3, -0.25) is 9.48 Å². The van der Waals surface area contributed by atoms with Gasteiger partial charge < -0.3 is 0 Å². The van der Waals surface area contributed by atoms with Crippen molar-refractivity contribution in [1.29, 1.82) is 0 Å². The number of benzene rings is 1. The van der Waals surface area contributed by atoms with Crippen LogP contribution in [0.3, 0.4) is 0 Å². The summed E-state index contributed by atoms with van der Waals surface area (Å²) in [7, 11) is -1.03. The molecule has 0 aliphatic rings. The number of rotatable bonds is 4. The monoisotopic (exact) mass is 416 g/mol. The highest BCUT2D eigenvalue weighted by Crippen LogP contribution is 2.35. The van der Waals surface area contributed by atoms with Gasteiger partial charge in [0.25, 0.3) is 5.91 Å². The molecule has 0 radical (unpaired) electrons. The van der Waals surface area contributed by atoms with E-state index in [0.29, 0.717) is 16.1 Å². The van der Waals surface area contributed by atoms with Crippen LogP contribution in [0.25, 0.3) is 11.0 Å². The van der Waals surface area contributed by atoms with Gasteiger partial charge in [-0.1, -0.05) is 31.5 Å². The molecule has 0 aliphatic carbocycles. The van der Waals surface area contributed by atoms with Crippen LogP contribution in [-0.4, -0.2) is 36.4 Å². The van der Waals surface area contributed by atoms with Crippen LogP contribution < -0.4 is 0 Å². The summed E-state index contributed by atoms with van der Waals surface area (Å²) in [5.74, 6) is -0.520. The molecule has 2 aromatic heterocycles. The molecule has 0 aliphatic heterocycles. The van der Waals surface area contributed by atoms with Crippen molar-refractivity contribution in [1.82, 2.24) is 14.8 Å². The maximum atomic E-state index is 13.1. The zero-order valence-corrected chi connectivity index (χ0v) is 18.5. The Morgan fingerprint density at radius 1 is 1.21 bits per heavy atom. The molecule has 8 heteroatoms. The van der Waals surface area contributed by atoms with Crippen LogP contribution in [0.1, 0.15) is 35.5 Å². The molecule has 6 nitrogen and oxygen atoms in total. The maximum Gasteiger partial charge on any atom is 0.288 e. The van der Waals surface area contributed by atoms with Crippen molar-refractivity contribution in [3.8, 4) is 0 Å². The van der Waals surface area contributed by atoms with Crippen molar-refractivity contribution < 1.29 is 9.00 Å². The van der Waals surface area contributed by atoms with E-state index >= 15 is 0 Å². The van der Waals surface area contributed by atoms with Crippen LogP contribution in [0.2, 0.25) is 0 Å². The number of carbonyl (C=O) groups is 1. The molecule has 148 valence electrons. The summed E-state index contributed by atoms with van der Waals surface area (Å²) >= 11 is 1.57. The van der Waals surface area contributed by atoms with Gasteiger partial charge in [-0.2, -0.15) is 9.46 Å². The molecule has 28 heavy (non-hydrogen) atoms. The summed E-state index contributed by atoms with van der Waals surface area (Å²) < 4.78 is 18.9. The lowest BCUT2D eigenvalue weighted by molar-refractivity contribution is 0.100. The van der Waals surface area contributed by atoms with E-state index in [0.717, 1.165) is 21.5 Å². The van der Waals surface area contributed by atoms with Gasteiger partial charge in [0.15, 0.2) is 5.65 Å². The molecule has 0 bridgehead atoms. The third-order valence-electron chi connectivity index (χ3n) is 4.28. The van der Waals surface area contributed by atoms with Crippen LogP contribution in [-0.2, 0) is 16.8 Å². The van der Waals surface area contributed by atoms with Crippen LogP contribution in [0, 0.1) is 13.8 Å². The number of amides is 1. The number of pyridine rings is 1. The zero-order valence-electron chi connectivity index (χ0n) is 16.9.